The number of nitrogens with zero attached hydrogens (tertiary/aromatic N) is 1. The SMILES string of the molecule is COC(=O)c1ccc(C)c(-n2c(C)cc(OCc3ccccc3CNC(=O)N/C(=C/C(=N)C(C)(C)C)Nc3cccc(OCCOC4CCCCO4)c3)c(Cl)c2=O)c1. The fourth-order valence-corrected chi connectivity index (χ4v) is 6.21. The number of hydrogen-bond acceptors (Lipinski definition) is 10. The van der Waals surface area contributed by atoms with Crippen molar-refractivity contribution in [3.63, 3.8) is 0 Å². The van der Waals surface area contributed by atoms with E-state index in [2.05, 4.69) is 16.0 Å². The Labute approximate surface area is 344 Å². The maximum atomic E-state index is 13.6. The van der Waals surface area contributed by atoms with Gasteiger partial charge in [0.15, 0.2) is 6.29 Å². The third-order valence-electron chi connectivity index (χ3n) is 9.36. The third kappa shape index (κ3) is 11.9. The summed E-state index contributed by atoms with van der Waals surface area (Å²) in [5, 5.41) is 17.5. The van der Waals surface area contributed by atoms with Gasteiger partial charge in [0.2, 0.25) is 0 Å². The molecule has 0 aliphatic carbocycles. The molecule has 1 unspecified atom stereocenters. The number of rotatable bonds is 16. The zero-order valence-corrected chi connectivity index (χ0v) is 34.6. The highest BCUT2D eigenvalue weighted by Gasteiger charge is 2.20. The fourth-order valence-electron chi connectivity index (χ4n) is 6.01. The number of allylic oxidation sites excluding steroid dienone is 1. The molecular formula is C44H52ClN5O8. The number of nitrogens with one attached hydrogen (secondary N) is 4. The van der Waals surface area contributed by atoms with Gasteiger partial charge in [-0.3, -0.25) is 14.7 Å². The number of methoxy groups -OCH3 is 1. The van der Waals surface area contributed by atoms with Crippen LogP contribution in [0.4, 0.5) is 10.5 Å². The standard InChI is InChI=1S/C44H52ClN5O8/c1-28-17-18-30(42(52)54-6)23-35(28)50-29(2)22-36(40(45)41(50)51)58-27-32-13-8-7-12-31(32)26-47-43(53)49-38(25-37(46)44(3,4)5)48-33-14-11-15-34(24-33)55-20-21-57-39-16-9-10-19-56-39/h7-8,11-15,17-18,22-25,39,46,48H,9-10,16,19-21,26-27H2,1-6H3,(H2,47,49,53)/b38-25+,46-37?. The van der Waals surface area contributed by atoms with Gasteiger partial charge < -0.3 is 39.7 Å². The lowest BCUT2D eigenvalue weighted by molar-refractivity contribution is -0.165. The smallest absolute Gasteiger partial charge is 0.337 e. The summed E-state index contributed by atoms with van der Waals surface area (Å²) in [6.07, 6.45) is 4.43. The van der Waals surface area contributed by atoms with Crippen LogP contribution in [-0.4, -0.2) is 55.5 Å². The predicted octanol–water partition coefficient (Wildman–Crippen LogP) is 8.21. The average Bonchev–Trinajstić information content (AvgIpc) is 3.20. The maximum Gasteiger partial charge on any atom is 0.337 e. The summed E-state index contributed by atoms with van der Waals surface area (Å²) >= 11 is 6.59. The number of hydrogen-bond donors (Lipinski definition) is 4. The quantitative estimate of drug-likeness (QED) is 0.0496. The topological polar surface area (TPSA) is 162 Å². The van der Waals surface area contributed by atoms with Gasteiger partial charge in [0, 0.05) is 53.9 Å². The van der Waals surface area contributed by atoms with Crippen LogP contribution in [-0.2, 0) is 27.4 Å². The van der Waals surface area contributed by atoms with Crippen molar-refractivity contribution in [2.75, 3.05) is 32.2 Å². The minimum absolute atomic E-state index is 0.0628. The van der Waals surface area contributed by atoms with E-state index >= 15 is 0 Å². The molecule has 1 aliphatic heterocycles. The van der Waals surface area contributed by atoms with Crippen molar-refractivity contribution in [2.24, 2.45) is 5.41 Å². The molecule has 0 spiro atoms. The number of benzene rings is 3. The van der Waals surface area contributed by atoms with Gasteiger partial charge in [-0.1, -0.05) is 68.8 Å². The molecule has 308 valence electrons. The molecule has 1 fully saturated rings. The van der Waals surface area contributed by atoms with Crippen LogP contribution in [0.25, 0.3) is 5.69 Å². The van der Waals surface area contributed by atoms with Gasteiger partial charge in [-0.2, -0.15) is 0 Å². The number of ether oxygens (including phenoxy) is 5. The maximum absolute atomic E-state index is 13.6. The van der Waals surface area contributed by atoms with E-state index in [0.717, 1.165) is 36.0 Å². The summed E-state index contributed by atoms with van der Waals surface area (Å²) < 4.78 is 29.7. The highest BCUT2D eigenvalue weighted by Crippen LogP contribution is 2.27. The number of amides is 2. The molecule has 0 saturated carbocycles. The lowest BCUT2D eigenvalue weighted by atomic mass is 9.90. The molecule has 4 N–H and O–H groups in total. The van der Waals surface area contributed by atoms with E-state index in [1.165, 1.54) is 11.7 Å². The number of esters is 1. The zero-order chi connectivity index (χ0) is 41.8. The van der Waals surface area contributed by atoms with Crippen LogP contribution in [0.1, 0.15) is 72.8 Å². The minimum atomic E-state index is -0.520. The fraction of sp³-hybridized carbons (Fsp3) is 0.364. The third-order valence-corrected chi connectivity index (χ3v) is 9.71. The van der Waals surface area contributed by atoms with Crippen molar-refractivity contribution in [1.29, 1.82) is 5.41 Å². The second-order valence-corrected chi connectivity index (χ2v) is 15.2. The second-order valence-electron chi connectivity index (χ2n) is 14.9. The number of pyridine rings is 1. The molecule has 1 aliphatic rings. The Bertz CT molecular complexity index is 2190. The normalized spacial score (nSPS) is 14.3. The lowest BCUT2D eigenvalue weighted by Crippen LogP contribution is -2.37. The molecule has 1 saturated heterocycles. The Morgan fingerprint density at radius 3 is 2.48 bits per heavy atom. The number of aromatic nitrogens is 1. The van der Waals surface area contributed by atoms with E-state index in [4.69, 9.17) is 40.7 Å². The van der Waals surface area contributed by atoms with Crippen molar-refractivity contribution < 1.29 is 33.3 Å². The van der Waals surface area contributed by atoms with Crippen molar-refractivity contribution >= 4 is 35.0 Å². The van der Waals surface area contributed by atoms with E-state index in [1.807, 2.05) is 70.2 Å². The molecule has 13 nitrogen and oxygen atoms in total. The molecular weight excluding hydrogens is 762 g/mol. The van der Waals surface area contributed by atoms with Crippen LogP contribution < -0.4 is 31.0 Å². The van der Waals surface area contributed by atoms with Crippen LogP contribution in [0.2, 0.25) is 5.02 Å². The van der Waals surface area contributed by atoms with Gasteiger partial charge in [-0.25, -0.2) is 9.59 Å². The average molecular weight is 814 g/mol. The summed E-state index contributed by atoms with van der Waals surface area (Å²) in [5.41, 5.74) is 3.64. The van der Waals surface area contributed by atoms with Crippen molar-refractivity contribution in [1.82, 2.24) is 15.2 Å². The largest absolute Gasteiger partial charge is 0.491 e. The van der Waals surface area contributed by atoms with E-state index in [9.17, 15) is 14.4 Å². The van der Waals surface area contributed by atoms with Crippen molar-refractivity contribution in [3.8, 4) is 17.2 Å². The Morgan fingerprint density at radius 1 is 0.983 bits per heavy atom. The number of carbonyl (C=O) groups excluding carboxylic acids is 2. The van der Waals surface area contributed by atoms with Crippen LogP contribution in [0.15, 0.2) is 89.5 Å². The van der Waals surface area contributed by atoms with Crippen LogP contribution in [0.3, 0.4) is 0 Å². The zero-order valence-electron chi connectivity index (χ0n) is 33.8. The van der Waals surface area contributed by atoms with Crippen molar-refractivity contribution in [3.05, 3.63) is 128 Å². The van der Waals surface area contributed by atoms with Gasteiger partial charge in [-0.05, 0) is 74.1 Å². The summed E-state index contributed by atoms with van der Waals surface area (Å²) in [6, 6.07) is 20.9. The van der Waals surface area contributed by atoms with Crippen LogP contribution >= 0.6 is 11.6 Å². The van der Waals surface area contributed by atoms with Gasteiger partial charge >= 0.3 is 12.0 Å². The predicted molar refractivity (Wildman–Crippen MR) is 224 cm³/mol. The summed E-state index contributed by atoms with van der Waals surface area (Å²) in [7, 11) is 1.30. The molecule has 58 heavy (non-hydrogen) atoms. The lowest BCUT2D eigenvalue weighted by Gasteiger charge is -2.22. The van der Waals surface area contributed by atoms with E-state index in [1.54, 1.807) is 43.3 Å². The molecule has 2 heterocycles. The summed E-state index contributed by atoms with van der Waals surface area (Å²) in [6.45, 7) is 11.0. The Balaban J connectivity index is 1.23. The number of halogens is 1. The van der Waals surface area contributed by atoms with E-state index < -0.39 is 23.0 Å². The molecule has 14 heteroatoms. The molecule has 3 aromatic carbocycles. The van der Waals surface area contributed by atoms with Gasteiger partial charge in [0.05, 0.1) is 25.0 Å². The molecule has 0 radical (unpaired) electrons. The van der Waals surface area contributed by atoms with Crippen molar-refractivity contribution in [2.45, 2.75) is 73.3 Å². The van der Waals surface area contributed by atoms with Gasteiger partial charge in [0.25, 0.3) is 5.56 Å². The highest BCUT2D eigenvalue weighted by molar-refractivity contribution is 6.31. The molecule has 4 aromatic rings. The monoisotopic (exact) mass is 813 g/mol. The minimum Gasteiger partial charge on any atom is -0.491 e. The first-order valence-corrected chi connectivity index (χ1v) is 19.5. The second kappa shape index (κ2) is 20.2. The number of anilines is 1. The first-order chi connectivity index (χ1) is 27.7. The molecule has 1 aromatic heterocycles. The molecule has 5 rings (SSSR count). The summed E-state index contributed by atoms with van der Waals surface area (Å²) in [5.74, 6) is 0.593. The number of aryl methyl sites for hydroxylation is 2. The van der Waals surface area contributed by atoms with E-state index in [0.29, 0.717) is 59.7 Å². The Morgan fingerprint density at radius 2 is 1.76 bits per heavy atom. The van der Waals surface area contributed by atoms with Crippen LogP contribution in [0, 0.1) is 24.7 Å². The summed E-state index contributed by atoms with van der Waals surface area (Å²) in [4.78, 5) is 39.1. The van der Waals surface area contributed by atoms with E-state index in [-0.39, 0.29) is 30.2 Å². The van der Waals surface area contributed by atoms with Gasteiger partial charge in [-0.15, -0.1) is 0 Å². The molecule has 2 amide bonds. The Hall–Kier alpha value is -5.63. The highest BCUT2D eigenvalue weighted by atomic mass is 35.5. The Kier molecular flexibility index (Phi) is 15.1. The first kappa shape index (κ1) is 43.5. The number of urea groups is 1. The number of carbonyl (C=O) groups is 2. The van der Waals surface area contributed by atoms with Gasteiger partial charge in [0.1, 0.15) is 35.6 Å². The first-order valence-electron chi connectivity index (χ1n) is 19.1. The van der Waals surface area contributed by atoms with Crippen LogP contribution in [0.5, 0.6) is 11.5 Å². The molecule has 0 bridgehead atoms. The molecule has 1 atom stereocenters.